The first-order valence-electron chi connectivity index (χ1n) is 11.6. The molecule has 0 aromatic heterocycles. The van der Waals surface area contributed by atoms with E-state index in [4.69, 9.17) is 29.4 Å². The van der Waals surface area contributed by atoms with Gasteiger partial charge in [0.25, 0.3) is 0 Å². The number of benzene rings is 3. The van der Waals surface area contributed by atoms with Crippen LogP contribution in [0, 0.1) is 0 Å². The molecule has 1 saturated heterocycles. The van der Waals surface area contributed by atoms with Crippen molar-refractivity contribution in [3.05, 3.63) is 108 Å². The minimum Gasteiger partial charge on any atom is -0.374 e. The fraction of sp³-hybridized carbons (Fsp3) is 0.357. The standard InChI is InChI=1S/C28H33NO5/c1-30-28-27(33-19-23-15-9-4-10-16-23)26(32-18-22-13-7-3-8-14-22)25(29)24(34-28)20-31-17-21-11-5-2-6-12-21/h2-16,24-28H,17-20,29H2,1H3/t24-,25+,26+,27-,28+/m0/s1. The highest BCUT2D eigenvalue weighted by molar-refractivity contribution is 5.15. The molecule has 0 aliphatic carbocycles. The molecule has 0 spiro atoms. The molecule has 0 amide bonds. The molecule has 5 atom stereocenters. The van der Waals surface area contributed by atoms with Crippen molar-refractivity contribution < 1.29 is 23.7 Å². The molecular formula is C28H33NO5. The molecule has 0 bridgehead atoms. The zero-order valence-corrected chi connectivity index (χ0v) is 19.5. The molecule has 6 nitrogen and oxygen atoms in total. The van der Waals surface area contributed by atoms with Gasteiger partial charge in [-0.15, -0.1) is 0 Å². The lowest BCUT2D eigenvalue weighted by Crippen LogP contribution is -2.64. The SMILES string of the molecule is CO[C@@H]1O[C@@H](COCc2ccccc2)[C@@H](N)[C@@H](OCc2ccccc2)[C@@H]1OCc1ccccc1. The Bertz CT molecular complexity index is 956. The van der Waals surface area contributed by atoms with Crippen molar-refractivity contribution in [3.8, 4) is 0 Å². The van der Waals surface area contributed by atoms with E-state index in [-0.39, 0.29) is 0 Å². The number of nitrogens with two attached hydrogens (primary N) is 1. The first-order valence-corrected chi connectivity index (χ1v) is 11.6. The Kier molecular flexibility index (Phi) is 9.21. The van der Waals surface area contributed by atoms with E-state index in [1.54, 1.807) is 7.11 Å². The summed E-state index contributed by atoms with van der Waals surface area (Å²) >= 11 is 0. The Morgan fingerprint density at radius 1 is 0.676 bits per heavy atom. The largest absolute Gasteiger partial charge is 0.374 e. The van der Waals surface area contributed by atoms with Gasteiger partial charge >= 0.3 is 0 Å². The van der Waals surface area contributed by atoms with Crippen LogP contribution in [0.5, 0.6) is 0 Å². The van der Waals surface area contributed by atoms with E-state index in [1.807, 2.05) is 91.0 Å². The zero-order chi connectivity index (χ0) is 23.6. The van der Waals surface area contributed by atoms with Crippen LogP contribution in [0.1, 0.15) is 16.7 Å². The lowest BCUT2D eigenvalue weighted by atomic mass is 9.96. The van der Waals surface area contributed by atoms with Crippen LogP contribution in [-0.4, -0.2) is 44.4 Å². The topological polar surface area (TPSA) is 72.2 Å². The summed E-state index contributed by atoms with van der Waals surface area (Å²) in [7, 11) is 1.61. The van der Waals surface area contributed by atoms with Gasteiger partial charge in [0.1, 0.15) is 18.3 Å². The van der Waals surface area contributed by atoms with Gasteiger partial charge in [-0.05, 0) is 16.7 Å². The third-order valence-corrected chi connectivity index (χ3v) is 5.91. The molecule has 1 aliphatic rings. The molecule has 180 valence electrons. The van der Waals surface area contributed by atoms with E-state index in [2.05, 4.69) is 0 Å². The number of rotatable bonds is 11. The van der Waals surface area contributed by atoms with Crippen LogP contribution in [0.25, 0.3) is 0 Å². The van der Waals surface area contributed by atoms with Crippen LogP contribution in [0.2, 0.25) is 0 Å². The molecule has 6 heteroatoms. The van der Waals surface area contributed by atoms with Crippen LogP contribution in [-0.2, 0) is 43.5 Å². The Hall–Kier alpha value is -2.58. The second-order valence-corrected chi connectivity index (χ2v) is 8.38. The van der Waals surface area contributed by atoms with Crippen LogP contribution >= 0.6 is 0 Å². The van der Waals surface area contributed by atoms with Gasteiger partial charge in [-0.3, -0.25) is 0 Å². The molecule has 1 aliphatic heterocycles. The molecule has 0 saturated carbocycles. The second kappa shape index (κ2) is 12.8. The van der Waals surface area contributed by atoms with Crippen molar-refractivity contribution in [3.63, 3.8) is 0 Å². The second-order valence-electron chi connectivity index (χ2n) is 8.38. The third-order valence-electron chi connectivity index (χ3n) is 5.91. The smallest absolute Gasteiger partial charge is 0.186 e. The maximum Gasteiger partial charge on any atom is 0.186 e. The third kappa shape index (κ3) is 6.73. The van der Waals surface area contributed by atoms with Crippen molar-refractivity contribution in [1.29, 1.82) is 0 Å². The first kappa shape index (κ1) is 24.5. The summed E-state index contributed by atoms with van der Waals surface area (Å²) < 4.78 is 30.4. The lowest BCUT2D eigenvalue weighted by molar-refractivity contribution is -0.291. The summed E-state index contributed by atoms with van der Waals surface area (Å²) in [6.07, 6.45) is -1.96. The summed E-state index contributed by atoms with van der Waals surface area (Å²) in [6, 6.07) is 29.6. The van der Waals surface area contributed by atoms with E-state index < -0.39 is 30.6 Å². The van der Waals surface area contributed by atoms with E-state index in [9.17, 15) is 0 Å². The predicted octanol–water partition coefficient (Wildman–Crippen LogP) is 4.07. The zero-order valence-electron chi connectivity index (χ0n) is 19.5. The van der Waals surface area contributed by atoms with Crippen molar-refractivity contribution in [2.24, 2.45) is 5.73 Å². The van der Waals surface area contributed by atoms with Crippen LogP contribution in [0.3, 0.4) is 0 Å². The Morgan fingerprint density at radius 2 is 1.15 bits per heavy atom. The summed E-state index contributed by atoms with van der Waals surface area (Å²) in [5, 5.41) is 0. The van der Waals surface area contributed by atoms with E-state index >= 15 is 0 Å². The Labute approximate surface area is 201 Å². The first-order chi connectivity index (χ1) is 16.7. The molecular weight excluding hydrogens is 430 g/mol. The molecule has 3 aromatic carbocycles. The van der Waals surface area contributed by atoms with Gasteiger partial charge in [0.05, 0.1) is 32.5 Å². The maximum atomic E-state index is 6.68. The van der Waals surface area contributed by atoms with Gasteiger partial charge in [-0.25, -0.2) is 0 Å². The molecule has 1 fully saturated rings. The molecule has 1 heterocycles. The molecule has 3 aromatic rings. The van der Waals surface area contributed by atoms with Crippen molar-refractivity contribution in [2.45, 2.75) is 50.5 Å². The summed E-state index contributed by atoms with van der Waals surface area (Å²) in [6.45, 7) is 1.63. The average molecular weight is 464 g/mol. The highest BCUT2D eigenvalue weighted by Gasteiger charge is 2.46. The fourth-order valence-corrected chi connectivity index (χ4v) is 4.05. The molecule has 2 N–H and O–H groups in total. The lowest BCUT2D eigenvalue weighted by Gasteiger charge is -2.44. The normalized spacial score (nSPS) is 24.7. The number of hydrogen-bond acceptors (Lipinski definition) is 6. The van der Waals surface area contributed by atoms with Crippen LogP contribution in [0.4, 0.5) is 0 Å². The van der Waals surface area contributed by atoms with Gasteiger partial charge in [-0.1, -0.05) is 91.0 Å². The average Bonchev–Trinajstić information content (AvgIpc) is 2.89. The highest BCUT2D eigenvalue weighted by Crippen LogP contribution is 2.27. The number of methoxy groups -OCH3 is 1. The van der Waals surface area contributed by atoms with Gasteiger partial charge in [-0.2, -0.15) is 0 Å². The highest BCUT2D eigenvalue weighted by atomic mass is 16.7. The minimum atomic E-state index is -0.630. The quantitative estimate of drug-likeness (QED) is 0.462. The summed E-state index contributed by atoms with van der Waals surface area (Å²) in [4.78, 5) is 0. The minimum absolute atomic E-state index is 0.326. The molecule has 0 radical (unpaired) electrons. The molecule has 0 unspecified atom stereocenters. The van der Waals surface area contributed by atoms with Gasteiger partial charge in [0, 0.05) is 7.11 Å². The Morgan fingerprint density at radius 3 is 1.65 bits per heavy atom. The van der Waals surface area contributed by atoms with E-state index in [0.29, 0.717) is 26.4 Å². The fourth-order valence-electron chi connectivity index (χ4n) is 4.05. The molecule has 34 heavy (non-hydrogen) atoms. The summed E-state index contributed by atoms with van der Waals surface area (Å²) in [5.74, 6) is 0. The van der Waals surface area contributed by atoms with Gasteiger partial charge in [0.15, 0.2) is 6.29 Å². The van der Waals surface area contributed by atoms with Crippen molar-refractivity contribution in [1.82, 2.24) is 0 Å². The van der Waals surface area contributed by atoms with Gasteiger partial charge in [0.2, 0.25) is 0 Å². The summed E-state index contributed by atoms with van der Waals surface area (Å²) in [5.41, 5.74) is 9.89. The van der Waals surface area contributed by atoms with Crippen LogP contribution < -0.4 is 5.73 Å². The molecule has 4 rings (SSSR count). The van der Waals surface area contributed by atoms with Crippen molar-refractivity contribution >= 4 is 0 Å². The predicted molar refractivity (Wildman–Crippen MR) is 130 cm³/mol. The maximum absolute atomic E-state index is 6.68. The number of ether oxygens (including phenoxy) is 5. The number of hydrogen-bond donors (Lipinski definition) is 1. The van der Waals surface area contributed by atoms with Crippen LogP contribution in [0.15, 0.2) is 91.0 Å². The van der Waals surface area contributed by atoms with E-state index in [1.165, 1.54) is 0 Å². The Balaban J connectivity index is 1.44. The monoisotopic (exact) mass is 463 g/mol. The van der Waals surface area contributed by atoms with Gasteiger partial charge < -0.3 is 29.4 Å². The van der Waals surface area contributed by atoms with Crippen molar-refractivity contribution in [2.75, 3.05) is 13.7 Å². The van der Waals surface area contributed by atoms with E-state index in [0.717, 1.165) is 16.7 Å².